The second-order valence-corrected chi connectivity index (χ2v) is 5.18. The van der Waals surface area contributed by atoms with E-state index in [0.29, 0.717) is 22.4 Å². The third kappa shape index (κ3) is 3.67. The molecule has 3 aromatic rings. The van der Waals surface area contributed by atoms with Gasteiger partial charge in [0.25, 0.3) is 0 Å². The molecule has 0 aliphatic rings. The largest absolute Gasteiger partial charge is 0.455 e. The van der Waals surface area contributed by atoms with Crippen LogP contribution in [0.25, 0.3) is 11.3 Å². The van der Waals surface area contributed by atoms with Gasteiger partial charge in [-0.1, -0.05) is 54.1 Å². The number of furan rings is 1. The Morgan fingerprint density at radius 1 is 0.957 bits per heavy atom. The van der Waals surface area contributed by atoms with Crippen LogP contribution in [0.5, 0.6) is 0 Å². The molecule has 0 unspecified atom stereocenters. The monoisotopic (exact) mass is 323 g/mol. The summed E-state index contributed by atoms with van der Waals surface area (Å²) in [6.45, 7) is 0. The van der Waals surface area contributed by atoms with Gasteiger partial charge in [0.1, 0.15) is 11.5 Å². The average molecular weight is 324 g/mol. The lowest BCUT2D eigenvalue weighted by Crippen LogP contribution is -2.12. The van der Waals surface area contributed by atoms with E-state index < -0.39 is 0 Å². The summed E-state index contributed by atoms with van der Waals surface area (Å²) in [6.07, 6.45) is 1.51. The van der Waals surface area contributed by atoms with Crippen LogP contribution in [0.3, 0.4) is 0 Å². The zero-order valence-corrected chi connectivity index (χ0v) is 12.9. The van der Waals surface area contributed by atoms with E-state index in [4.69, 9.17) is 21.8 Å². The van der Waals surface area contributed by atoms with Crippen molar-refractivity contribution in [3.05, 3.63) is 83.1 Å². The van der Waals surface area contributed by atoms with E-state index in [-0.39, 0.29) is 0 Å². The SMILES string of the molecule is N/C(=N\N=C\c1ccc(-c2ccccc2Cl)o1)c1ccccc1. The Balaban J connectivity index is 1.76. The molecule has 0 saturated heterocycles. The van der Waals surface area contributed by atoms with Gasteiger partial charge in [0.15, 0.2) is 5.84 Å². The van der Waals surface area contributed by atoms with Gasteiger partial charge in [-0.25, -0.2) is 0 Å². The molecule has 2 aromatic carbocycles. The highest BCUT2D eigenvalue weighted by atomic mass is 35.5. The summed E-state index contributed by atoms with van der Waals surface area (Å²) >= 11 is 6.15. The van der Waals surface area contributed by atoms with Crippen molar-refractivity contribution in [1.29, 1.82) is 0 Å². The molecule has 0 aliphatic carbocycles. The van der Waals surface area contributed by atoms with Gasteiger partial charge < -0.3 is 10.2 Å². The Hall–Kier alpha value is -2.85. The standard InChI is InChI=1S/C18H14ClN3O/c19-16-9-5-4-8-15(16)17-11-10-14(23-17)12-21-22-18(20)13-6-2-1-3-7-13/h1-12H,(H2,20,22)/b21-12+. The van der Waals surface area contributed by atoms with Crippen LogP contribution < -0.4 is 5.73 Å². The molecule has 1 heterocycles. The minimum Gasteiger partial charge on any atom is -0.455 e. The lowest BCUT2D eigenvalue weighted by atomic mass is 10.2. The summed E-state index contributed by atoms with van der Waals surface area (Å²) < 4.78 is 5.69. The van der Waals surface area contributed by atoms with Crippen molar-refractivity contribution in [2.24, 2.45) is 15.9 Å². The zero-order valence-electron chi connectivity index (χ0n) is 12.2. The van der Waals surface area contributed by atoms with Crippen molar-refractivity contribution >= 4 is 23.7 Å². The second-order valence-electron chi connectivity index (χ2n) is 4.78. The van der Waals surface area contributed by atoms with Gasteiger partial charge in [0, 0.05) is 11.1 Å². The highest BCUT2D eigenvalue weighted by molar-refractivity contribution is 6.33. The van der Waals surface area contributed by atoms with E-state index in [0.717, 1.165) is 11.1 Å². The predicted molar refractivity (Wildman–Crippen MR) is 93.9 cm³/mol. The molecule has 0 fully saturated rings. The number of rotatable bonds is 4. The smallest absolute Gasteiger partial charge is 0.153 e. The van der Waals surface area contributed by atoms with Gasteiger partial charge >= 0.3 is 0 Å². The van der Waals surface area contributed by atoms with E-state index in [9.17, 15) is 0 Å². The number of nitrogens with two attached hydrogens (primary N) is 1. The molecule has 0 bridgehead atoms. The van der Waals surface area contributed by atoms with Gasteiger partial charge in [0.2, 0.25) is 0 Å². The molecule has 1 aromatic heterocycles. The Morgan fingerprint density at radius 3 is 2.48 bits per heavy atom. The summed E-state index contributed by atoms with van der Waals surface area (Å²) in [4.78, 5) is 0. The van der Waals surface area contributed by atoms with E-state index in [1.165, 1.54) is 6.21 Å². The topological polar surface area (TPSA) is 63.9 Å². The molecular weight excluding hydrogens is 310 g/mol. The molecule has 0 atom stereocenters. The van der Waals surface area contributed by atoms with Crippen LogP contribution in [0.15, 0.2) is 81.4 Å². The molecule has 3 rings (SSSR count). The van der Waals surface area contributed by atoms with E-state index >= 15 is 0 Å². The van der Waals surface area contributed by atoms with Crippen molar-refractivity contribution in [1.82, 2.24) is 0 Å². The zero-order chi connectivity index (χ0) is 16.1. The number of hydrogen-bond donors (Lipinski definition) is 1. The Bertz CT molecular complexity index is 853. The number of hydrogen-bond acceptors (Lipinski definition) is 3. The maximum Gasteiger partial charge on any atom is 0.153 e. The fourth-order valence-electron chi connectivity index (χ4n) is 2.04. The third-order valence-corrected chi connectivity index (χ3v) is 3.52. The van der Waals surface area contributed by atoms with Gasteiger partial charge in [-0.05, 0) is 24.3 Å². The summed E-state index contributed by atoms with van der Waals surface area (Å²) in [5.74, 6) is 1.60. The van der Waals surface area contributed by atoms with Crippen LogP contribution in [0.2, 0.25) is 5.02 Å². The van der Waals surface area contributed by atoms with Crippen LogP contribution in [-0.4, -0.2) is 12.1 Å². The first-order valence-electron chi connectivity index (χ1n) is 7.01. The van der Waals surface area contributed by atoms with E-state index in [1.54, 1.807) is 6.07 Å². The number of halogens is 1. The van der Waals surface area contributed by atoms with Crippen LogP contribution in [-0.2, 0) is 0 Å². The van der Waals surface area contributed by atoms with Crippen LogP contribution in [0, 0.1) is 0 Å². The first-order valence-corrected chi connectivity index (χ1v) is 7.38. The molecule has 0 amide bonds. The molecule has 114 valence electrons. The number of benzene rings is 2. The van der Waals surface area contributed by atoms with Crippen molar-refractivity contribution < 1.29 is 4.42 Å². The summed E-state index contributed by atoms with van der Waals surface area (Å²) in [6, 6.07) is 20.6. The maximum atomic E-state index is 6.15. The summed E-state index contributed by atoms with van der Waals surface area (Å²) in [5, 5.41) is 8.56. The quantitative estimate of drug-likeness (QED) is 0.441. The lowest BCUT2D eigenvalue weighted by Gasteiger charge is -1.98. The van der Waals surface area contributed by atoms with Gasteiger partial charge in [0.05, 0.1) is 11.2 Å². The minimum atomic E-state index is 0.347. The van der Waals surface area contributed by atoms with Crippen LogP contribution in [0.1, 0.15) is 11.3 Å². The average Bonchev–Trinajstić information content (AvgIpc) is 3.04. The van der Waals surface area contributed by atoms with Crippen molar-refractivity contribution in [2.45, 2.75) is 0 Å². The number of nitrogens with zero attached hydrogens (tertiary/aromatic N) is 2. The molecule has 4 nitrogen and oxygen atoms in total. The van der Waals surface area contributed by atoms with Crippen LogP contribution >= 0.6 is 11.6 Å². The number of amidine groups is 1. The molecule has 0 saturated carbocycles. The van der Waals surface area contributed by atoms with E-state index in [1.807, 2.05) is 60.7 Å². The molecule has 5 heteroatoms. The molecular formula is C18H14ClN3O. The first-order chi connectivity index (χ1) is 11.2. The van der Waals surface area contributed by atoms with Gasteiger partial charge in [-0.15, -0.1) is 5.10 Å². The molecule has 0 aliphatic heterocycles. The lowest BCUT2D eigenvalue weighted by molar-refractivity contribution is 0.575. The predicted octanol–water partition coefficient (Wildman–Crippen LogP) is 4.34. The Morgan fingerprint density at radius 2 is 1.70 bits per heavy atom. The first kappa shape index (κ1) is 15.1. The molecule has 0 radical (unpaired) electrons. The van der Waals surface area contributed by atoms with Gasteiger partial charge in [-0.3, -0.25) is 0 Å². The van der Waals surface area contributed by atoms with E-state index in [2.05, 4.69) is 10.2 Å². The summed E-state index contributed by atoms with van der Waals surface area (Å²) in [5.41, 5.74) is 7.52. The minimum absolute atomic E-state index is 0.347. The van der Waals surface area contributed by atoms with Gasteiger partial charge in [-0.2, -0.15) is 5.10 Å². The van der Waals surface area contributed by atoms with Crippen molar-refractivity contribution in [3.8, 4) is 11.3 Å². The normalized spacial score (nSPS) is 12.0. The maximum absolute atomic E-state index is 6.15. The van der Waals surface area contributed by atoms with Crippen molar-refractivity contribution in [2.75, 3.05) is 0 Å². The molecule has 23 heavy (non-hydrogen) atoms. The van der Waals surface area contributed by atoms with Crippen molar-refractivity contribution in [3.63, 3.8) is 0 Å². The highest BCUT2D eigenvalue weighted by Gasteiger charge is 2.06. The third-order valence-electron chi connectivity index (χ3n) is 3.19. The fourth-order valence-corrected chi connectivity index (χ4v) is 2.27. The highest BCUT2D eigenvalue weighted by Crippen LogP contribution is 2.28. The van der Waals surface area contributed by atoms with Crippen LogP contribution in [0.4, 0.5) is 0 Å². The second kappa shape index (κ2) is 6.94. The fraction of sp³-hybridized carbons (Fsp3) is 0. The molecule has 2 N–H and O–H groups in total. The Kier molecular flexibility index (Phi) is 4.54. The summed E-state index contributed by atoms with van der Waals surface area (Å²) in [7, 11) is 0. The molecule has 0 spiro atoms. The Labute approximate surface area is 138 Å².